The zero-order valence-electron chi connectivity index (χ0n) is 23.7. The van der Waals surface area contributed by atoms with Crippen LogP contribution in [0, 0.1) is 10.8 Å². The summed E-state index contributed by atoms with van der Waals surface area (Å²) in [4.78, 5) is 15.5. The second-order valence-corrected chi connectivity index (χ2v) is 9.24. The van der Waals surface area contributed by atoms with Crippen molar-refractivity contribution in [2.24, 2.45) is 10.8 Å². The molecule has 6 nitrogen and oxygen atoms in total. The van der Waals surface area contributed by atoms with Gasteiger partial charge in [0.15, 0.2) is 0 Å². The molecule has 0 aliphatic carbocycles. The zero-order valence-corrected chi connectivity index (χ0v) is 25.4. The van der Waals surface area contributed by atoms with Crippen molar-refractivity contribution in [1.29, 1.82) is 0 Å². The molecule has 4 atom stereocenters. The van der Waals surface area contributed by atoms with E-state index in [9.17, 15) is 0 Å². The van der Waals surface area contributed by atoms with Crippen LogP contribution >= 0.6 is 0 Å². The minimum atomic E-state index is 0. The Morgan fingerprint density at radius 1 is 0.606 bits per heavy atom. The SMILES string of the molecule is CC[N-]C([N-]C(C)CC)C(C)(C)CC.CC[N-]C([N-]C(C)CC)C(C)(C)CC.[CH-]=O.[CH-]=O.[Ru+6]. The predicted molar refractivity (Wildman–Crippen MR) is 143 cm³/mol. The van der Waals surface area contributed by atoms with Crippen molar-refractivity contribution in [2.45, 2.75) is 133 Å². The van der Waals surface area contributed by atoms with Crippen molar-refractivity contribution in [1.82, 2.24) is 0 Å². The summed E-state index contributed by atoms with van der Waals surface area (Å²) in [7, 11) is 0. The standard InChI is InChI=1S/2C12H26N2.2CHO.Ru/c2*1-7-10(4)14-11(13-9-3)12(5,6)8-2;2*1-2;/h2*10-11H,7-9H2,1-6H3;2*1H;/q2*-2;2*-1;+6. The smallest absolute Gasteiger partial charge is 0.678 e. The van der Waals surface area contributed by atoms with Gasteiger partial charge in [-0.3, -0.25) is 13.6 Å². The molecule has 0 saturated carbocycles. The summed E-state index contributed by atoms with van der Waals surface area (Å²) < 4.78 is 0. The average molecular weight is 556 g/mol. The maximum Gasteiger partial charge on any atom is 6.00 e. The fourth-order valence-corrected chi connectivity index (χ4v) is 2.40. The Hall–Kier alpha value is -0.197. The third-order valence-electron chi connectivity index (χ3n) is 5.90. The van der Waals surface area contributed by atoms with Gasteiger partial charge in [0.2, 0.25) is 0 Å². The van der Waals surface area contributed by atoms with Gasteiger partial charge in [0.25, 0.3) is 0 Å². The molecule has 0 heterocycles. The van der Waals surface area contributed by atoms with Crippen molar-refractivity contribution >= 4 is 13.6 Å². The van der Waals surface area contributed by atoms with E-state index in [4.69, 9.17) is 20.2 Å². The summed E-state index contributed by atoms with van der Waals surface area (Å²) in [5.74, 6) is 0. The molecule has 0 spiro atoms. The summed E-state index contributed by atoms with van der Waals surface area (Å²) in [6.45, 7) is 34.5. The molecule has 0 bridgehead atoms. The molecule has 0 saturated heterocycles. The first-order valence-corrected chi connectivity index (χ1v) is 12.2. The second kappa shape index (κ2) is 26.4. The normalized spacial score (nSPS) is 14.4. The van der Waals surface area contributed by atoms with E-state index >= 15 is 0 Å². The average Bonchev–Trinajstić information content (AvgIpc) is 2.81. The molecule has 0 amide bonds. The third-order valence-corrected chi connectivity index (χ3v) is 5.90. The van der Waals surface area contributed by atoms with Gasteiger partial charge < -0.3 is 30.9 Å². The van der Waals surface area contributed by atoms with Gasteiger partial charge in [0.05, 0.1) is 0 Å². The van der Waals surface area contributed by atoms with Crippen LogP contribution in [0.5, 0.6) is 0 Å². The van der Waals surface area contributed by atoms with Gasteiger partial charge in [-0.15, -0.1) is 12.1 Å². The summed E-state index contributed by atoms with van der Waals surface area (Å²) in [6.07, 6.45) is 4.81. The molecule has 0 N–H and O–H groups in total. The molecule has 0 aromatic rings. The van der Waals surface area contributed by atoms with Crippen molar-refractivity contribution in [3.05, 3.63) is 21.3 Å². The van der Waals surface area contributed by atoms with Crippen LogP contribution < -0.4 is 0 Å². The third kappa shape index (κ3) is 22.0. The van der Waals surface area contributed by atoms with E-state index in [1.165, 1.54) is 0 Å². The van der Waals surface area contributed by atoms with Gasteiger partial charge in [-0.05, 0) is 0 Å². The Kier molecular flexibility index (Phi) is 34.3. The Morgan fingerprint density at radius 2 is 0.848 bits per heavy atom. The maximum absolute atomic E-state index is 7.75. The summed E-state index contributed by atoms with van der Waals surface area (Å²) in [5, 5.41) is 18.7. The molecule has 33 heavy (non-hydrogen) atoms. The van der Waals surface area contributed by atoms with Crippen LogP contribution in [-0.4, -0.2) is 51.1 Å². The van der Waals surface area contributed by atoms with E-state index in [0.29, 0.717) is 12.1 Å². The number of hydrogen-bond donors (Lipinski definition) is 0. The largest absolute Gasteiger partial charge is 6.00 e. The summed E-state index contributed by atoms with van der Waals surface area (Å²) in [6, 6.07) is 0.863. The number of hydrogen-bond acceptors (Lipinski definition) is 2. The molecule has 4 unspecified atom stereocenters. The van der Waals surface area contributed by atoms with Crippen LogP contribution in [0.25, 0.3) is 21.3 Å². The fourth-order valence-electron chi connectivity index (χ4n) is 2.40. The molecule has 0 fully saturated rings. The Bertz CT molecular complexity index is 362. The van der Waals surface area contributed by atoms with E-state index in [-0.39, 0.29) is 42.6 Å². The molecule has 0 rings (SSSR count). The van der Waals surface area contributed by atoms with Gasteiger partial charge in [-0.1, -0.05) is 120 Å². The predicted octanol–water partition coefficient (Wildman–Crippen LogP) is 8.08. The molecule has 0 aliphatic heterocycles. The van der Waals surface area contributed by atoms with E-state index in [2.05, 4.69) is 107 Å². The Labute approximate surface area is 220 Å². The molecular weight excluding hydrogens is 501 g/mol. The number of nitrogens with zero attached hydrogens (tertiary/aromatic N) is 4. The molecule has 0 aromatic heterocycles. The van der Waals surface area contributed by atoms with Gasteiger partial charge in [0, 0.05) is 0 Å². The van der Waals surface area contributed by atoms with Crippen molar-refractivity contribution < 1.29 is 29.1 Å². The first kappa shape index (κ1) is 42.9. The van der Waals surface area contributed by atoms with Crippen LogP contribution in [0.15, 0.2) is 0 Å². The Balaban J connectivity index is -0.000000134. The summed E-state index contributed by atoms with van der Waals surface area (Å²) in [5.41, 5.74) is 0.416. The maximum atomic E-state index is 7.75. The van der Waals surface area contributed by atoms with E-state index in [0.717, 1.165) is 38.8 Å². The van der Waals surface area contributed by atoms with Crippen molar-refractivity contribution in [3.63, 3.8) is 0 Å². The molecule has 7 heteroatoms. The molecule has 0 radical (unpaired) electrons. The summed E-state index contributed by atoms with van der Waals surface area (Å²) >= 11 is 0. The molecule has 0 aliphatic rings. The molecular formula is C26H54N4O2Ru. The van der Waals surface area contributed by atoms with Crippen LogP contribution in [0.3, 0.4) is 0 Å². The first-order valence-electron chi connectivity index (χ1n) is 12.2. The second-order valence-electron chi connectivity index (χ2n) is 9.24. The van der Waals surface area contributed by atoms with E-state index in [1.807, 2.05) is 0 Å². The van der Waals surface area contributed by atoms with Gasteiger partial charge in [0.1, 0.15) is 0 Å². The molecule has 198 valence electrons. The van der Waals surface area contributed by atoms with Gasteiger partial charge in [-0.2, -0.15) is 13.1 Å². The van der Waals surface area contributed by atoms with E-state index < -0.39 is 0 Å². The number of rotatable bonds is 14. The van der Waals surface area contributed by atoms with Gasteiger partial charge in [-0.25, -0.2) is 12.3 Å². The Morgan fingerprint density at radius 3 is 1.00 bits per heavy atom. The van der Waals surface area contributed by atoms with Crippen molar-refractivity contribution in [3.8, 4) is 0 Å². The first-order chi connectivity index (χ1) is 14.9. The monoisotopic (exact) mass is 556 g/mol. The topological polar surface area (TPSA) is 90.5 Å². The zero-order chi connectivity index (χ0) is 26.4. The molecule has 0 aromatic carbocycles. The van der Waals surface area contributed by atoms with Gasteiger partial charge >= 0.3 is 19.5 Å². The van der Waals surface area contributed by atoms with E-state index in [1.54, 1.807) is 0 Å². The van der Waals surface area contributed by atoms with Crippen LogP contribution in [0.1, 0.15) is 109 Å². The van der Waals surface area contributed by atoms with Crippen LogP contribution in [0.4, 0.5) is 0 Å². The fraction of sp³-hybridized carbons (Fsp3) is 0.923. The van der Waals surface area contributed by atoms with Crippen molar-refractivity contribution in [2.75, 3.05) is 13.1 Å². The minimum Gasteiger partial charge on any atom is -0.678 e. The van der Waals surface area contributed by atoms with Crippen LogP contribution in [-0.2, 0) is 29.1 Å². The quantitative estimate of drug-likeness (QED) is 0.123. The number of carbonyl (C=O) groups excluding carboxylic acids is 2. The van der Waals surface area contributed by atoms with Crippen LogP contribution in [0.2, 0.25) is 0 Å². The minimum absolute atomic E-state index is 0.